The Labute approximate surface area is 128 Å². The highest BCUT2D eigenvalue weighted by Crippen LogP contribution is 2.27. The van der Waals surface area contributed by atoms with Crippen LogP contribution in [0.3, 0.4) is 0 Å². The van der Waals surface area contributed by atoms with Crippen LogP contribution in [0.15, 0.2) is 36.4 Å². The van der Waals surface area contributed by atoms with E-state index in [0.29, 0.717) is 12.2 Å². The Morgan fingerprint density at radius 2 is 1.80 bits per heavy atom. The number of hydrogen-bond acceptors (Lipinski definition) is 2. The van der Waals surface area contributed by atoms with Gasteiger partial charge >= 0.3 is 0 Å². The lowest BCUT2D eigenvalue weighted by Gasteiger charge is -2.14. The molecule has 0 bridgehead atoms. The molecule has 0 N–H and O–H groups in total. The van der Waals surface area contributed by atoms with Crippen molar-refractivity contribution in [2.45, 2.75) is 25.8 Å². The zero-order valence-electron chi connectivity index (χ0n) is 11.6. The average molecular weight is 330 g/mol. The van der Waals surface area contributed by atoms with Crippen molar-refractivity contribution in [1.29, 1.82) is 5.26 Å². The first-order valence-corrected chi connectivity index (χ1v) is 7.54. The molecular weight excluding hydrogens is 314 g/mol. The molecule has 0 amide bonds. The molecule has 0 aliphatic heterocycles. The van der Waals surface area contributed by atoms with Gasteiger partial charge in [-0.05, 0) is 36.6 Å². The minimum Gasteiger partial charge on any atom is -0.488 e. The Kier molecular flexibility index (Phi) is 4.81. The second-order valence-electron chi connectivity index (χ2n) is 4.75. The highest BCUT2D eigenvalue weighted by Gasteiger charge is 2.08. The molecular formula is C17H16BrNO. The summed E-state index contributed by atoms with van der Waals surface area (Å²) >= 11 is 3.47. The van der Waals surface area contributed by atoms with Gasteiger partial charge in [-0.25, -0.2) is 0 Å². The molecule has 0 fully saturated rings. The smallest absolute Gasteiger partial charge is 0.125 e. The number of nitriles is 1. The zero-order valence-corrected chi connectivity index (χ0v) is 13.2. The summed E-state index contributed by atoms with van der Waals surface area (Å²) in [4.78, 5) is 0. The predicted molar refractivity (Wildman–Crippen MR) is 84.0 cm³/mol. The van der Waals surface area contributed by atoms with E-state index in [9.17, 15) is 0 Å². The number of nitrogens with zero attached hydrogens (tertiary/aromatic N) is 1. The first-order valence-electron chi connectivity index (χ1n) is 6.42. The zero-order chi connectivity index (χ0) is 14.5. The fraction of sp³-hybridized carbons (Fsp3) is 0.235. The van der Waals surface area contributed by atoms with Crippen molar-refractivity contribution in [3.05, 3.63) is 64.2 Å². The molecule has 2 aromatic carbocycles. The van der Waals surface area contributed by atoms with Gasteiger partial charge in [-0.3, -0.25) is 0 Å². The third-order valence-electron chi connectivity index (χ3n) is 3.18. The molecule has 0 unspecified atom stereocenters. The summed E-state index contributed by atoms with van der Waals surface area (Å²) in [5.74, 6) is 0.905. The van der Waals surface area contributed by atoms with Crippen LogP contribution >= 0.6 is 15.9 Å². The second-order valence-corrected chi connectivity index (χ2v) is 5.31. The van der Waals surface area contributed by atoms with Crippen LogP contribution in [0.5, 0.6) is 5.75 Å². The van der Waals surface area contributed by atoms with Gasteiger partial charge in [0.05, 0.1) is 11.6 Å². The molecule has 2 nitrogen and oxygen atoms in total. The van der Waals surface area contributed by atoms with E-state index >= 15 is 0 Å². The molecule has 0 aromatic heterocycles. The van der Waals surface area contributed by atoms with Crippen molar-refractivity contribution in [3.8, 4) is 11.8 Å². The molecule has 0 heterocycles. The maximum absolute atomic E-state index is 9.08. The monoisotopic (exact) mass is 329 g/mol. The van der Waals surface area contributed by atoms with E-state index in [1.165, 1.54) is 5.56 Å². The third-order valence-corrected chi connectivity index (χ3v) is 3.83. The average Bonchev–Trinajstić information content (AvgIpc) is 2.46. The third kappa shape index (κ3) is 3.20. The number of ether oxygens (including phenoxy) is 1. The molecule has 0 saturated heterocycles. The van der Waals surface area contributed by atoms with Gasteiger partial charge in [0.15, 0.2) is 0 Å². The maximum Gasteiger partial charge on any atom is 0.125 e. The van der Waals surface area contributed by atoms with E-state index in [1.54, 1.807) is 0 Å². The van der Waals surface area contributed by atoms with E-state index in [4.69, 9.17) is 10.00 Å². The summed E-state index contributed by atoms with van der Waals surface area (Å²) in [7, 11) is 0. The van der Waals surface area contributed by atoms with Crippen LogP contribution in [-0.4, -0.2) is 0 Å². The minimum absolute atomic E-state index is 0.416. The number of benzene rings is 2. The van der Waals surface area contributed by atoms with E-state index in [0.717, 1.165) is 27.8 Å². The minimum atomic E-state index is 0.416. The Balaban J connectivity index is 2.22. The molecule has 2 rings (SSSR count). The summed E-state index contributed by atoms with van der Waals surface area (Å²) in [6, 6.07) is 14.0. The summed E-state index contributed by atoms with van der Waals surface area (Å²) in [6.07, 6.45) is 0. The van der Waals surface area contributed by atoms with Crippen molar-refractivity contribution >= 4 is 15.9 Å². The molecule has 0 radical (unpaired) electrons. The maximum atomic E-state index is 9.08. The van der Waals surface area contributed by atoms with Gasteiger partial charge in [0, 0.05) is 10.9 Å². The highest BCUT2D eigenvalue weighted by atomic mass is 79.9. The Morgan fingerprint density at radius 3 is 2.40 bits per heavy atom. The van der Waals surface area contributed by atoms with Crippen LogP contribution in [0.4, 0.5) is 0 Å². The van der Waals surface area contributed by atoms with E-state index in [-0.39, 0.29) is 0 Å². The van der Waals surface area contributed by atoms with Crippen molar-refractivity contribution in [2.24, 2.45) is 0 Å². The summed E-state index contributed by atoms with van der Waals surface area (Å²) in [6.45, 7) is 4.51. The number of halogens is 1. The van der Waals surface area contributed by atoms with Gasteiger partial charge in [-0.2, -0.15) is 5.26 Å². The van der Waals surface area contributed by atoms with Crippen LogP contribution in [0.25, 0.3) is 0 Å². The van der Waals surface area contributed by atoms with Crippen molar-refractivity contribution in [2.75, 3.05) is 0 Å². The van der Waals surface area contributed by atoms with Gasteiger partial charge in [0.1, 0.15) is 12.4 Å². The lowest BCUT2D eigenvalue weighted by atomic mass is 10.1. The standard InChI is InChI=1S/C17H16BrNO/c1-12-7-14(9-18)8-13(2)17(12)20-11-16-6-4-3-5-15(16)10-19/h3-8H,9,11H2,1-2H3. The Bertz CT molecular complexity index is 635. The van der Waals surface area contributed by atoms with Gasteiger partial charge in [0.2, 0.25) is 0 Å². The molecule has 0 spiro atoms. The van der Waals surface area contributed by atoms with Gasteiger partial charge in [-0.1, -0.05) is 46.3 Å². The van der Waals surface area contributed by atoms with Crippen molar-refractivity contribution in [1.82, 2.24) is 0 Å². The molecule has 2 aromatic rings. The number of hydrogen-bond donors (Lipinski definition) is 0. The molecule has 0 aliphatic rings. The van der Waals surface area contributed by atoms with Gasteiger partial charge in [0.25, 0.3) is 0 Å². The highest BCUT2D eigenvalue weighted by molar-refractivity contribution is 9.08. The topological polar surface area (TPSA) is 33.0 Å². The van der Waals surface area contributed by atoms with Crippen molar-refractivity contribution < 1.29 is 4.74 Å². The van der Waals surface area contributed by atoms with Crippen LogP contribution in [0, 0.1) is 25.2 Å². The SMILES string of the molecule is Cc1cc(CBr)cc(C)c1OCc1ccccc1C#N. The summed E-state index contributed by atoms with van der Waals surface area (Å²) in [5.41, 5.74) is 5.06. The molecule has 0 atom stereocenters. The van der Waals surface area contributed by atoms with Crippen molar-refractivity contribution in [3.63, 3.8) is 0 Å². The first kappa shape index (κ1) is 14.6. The van der Waals surface area contributed by atoms with E-state index in [1.807, 2.05) is 38.1 Å². The molecule has 0 aliphatic carbocycles. The molecule has 102 valence electrons. The van der Waals surface area contributed by atoms with Crippen LogP contribution in [-0.2, 0) is 11.9 Å². The van der Waals surface area contributed by atoms with Gasteiger partial charge in [-0.15, -0.1) is 0 Å². The largest absolute Gasteiger partial charge is 0.488 e. The number of alkyl halides is 1. The quantitative estimate of drug-likeness (QED) is 0.765. The molecule has 20 heavy (non-hydrogen) atoms. The Morgan fingerprint density at radius 1 is 1.15 bits per heavy atom. The van der Waals surface area contributed by atoms with Crippen LogP contribution < -0.4 is 4.74 Å². The number of aryl methyl sites for hydroxylation is 2. The first-order chi connectivity index (χ1) is 9.65. The Hall–Kier alpha value is -1.79. The fourth-order valence-corrected chi connectivity index (χ4v) is 2.57. The fourth-order valence-electron chi connectivity index (χ4n) is 2.25. The van der Waals surface area contributed by atoms with Crippen LogP contribution in [0.2, 0.25) is 0 Å². The predicted octanol–water partition coefficient (Wildman–Crippen LogP) is 4.65. The lowest BCUT2D eigenvalue weighted by molar-refractivity contribution is 0.301. The van der Waals surface area contributed by atoms with Gasteiger partial charge < -0.3 is 4.74 Å². The number of rotatable bonds is 4. The summed E-state index contributed by atoms with van der Waals surface area (Å²) < 4.78 is 5.93. The van der Waals surface area contributed by atoms with Crippen LogP contribution in [0.1, 0.15) is 27.8 Å². The molecule has 0 saturated carbocycles. The molecule has 3 heteroatoms. The second kappa shape index (κ2) is 6.58. The summed E-state index contributed by atoms with van der Waals surface area (Å²) in [5, 5.41) is 9.92. The normalized spacial score (nSPS) is 10.1. The van der Waals surface area contributed by atoms with E-state index < -0.39 is 0 Å². The lowest BCUT2D eigenvalue weighted by Crippen LogP contribution is -2.01. The van der Waals surface area contributed by atoms with E-state index in [2.05, 4.69) is 34.1 Å².